The Morgan fingerprint density at radius 1 is 0.319 bits per heavy atom. The van der Waals surface area contributed by atoms with Crippen molar-refractivity contribution in [3.63, 3.8) is 0 Å². The van der Waals surface area contributed by atoms with Gasteiger partial charge in [0.1, 0.15) is 0 Å². The van der Waals surface area contributed by atoms with E-state index < -0.39 is 70.0 Å². The number of carboxylic acid groups (broad SMARTS) is 1. The van der Waals surface area contributed by atoms with Gasteiger partial charge in [0.05, 0.1) is 76.4 Å². The maximum atomic E-state index is 12.8. The SMILES string of the molecule is CC(F)(F)C(=O)O.CC(F)(F)C(=O)OCC12CC3CC(CC(O)(C3)C1)C2.CC(F)(F)C(=O)OCC12CC3CC(CC(O)(C3)C1)C2.CC(F)(F)C(=O)OCC12CC3CC(CC(O)(C3)C1)C2.OCC12CC3CC(CC(O)(C3)C1)C2.[ClH2+].[Na+].[Na+].[Na+].c1ccc([S+](c2ccccc2)c2ccccc2)cc1.c1ccc([S+](c2ccccc2)c2ccccc2)cc1. The Kier molecular flexibility index (Phi) is 34.8. The molecule has 22 rings (SSSR count). The number of carboxylic acids is 1. The Balaban J connectivity index is 0.000000174. The van der Waals surface area contributed by atoms with Crippen LogP contribution < -0.4 is 88.7 Å². The van der Waals surface area contributed by atoms with Gasteiger partial charge in [-0.25, -0.2) is 19.2 Å². The molecule has 632 valence electrons. The summed E-state index contributed by atoms with van der Waals surface area (Å²) in [6.45, 7) is 2.39. The fourth-order valence-corrected chi connectivity index (χ4v) is 27.7. The van der Waals surface area contributed by atoms with Gasteiger partial charge in [0.2, 0.25) is 0 Å². The van der Waals surface area contributed by atoms with Gasteiger partial charge in [0.25, 0.3) is 0 Å². The number of aliphatic hydroxyl groups is 5. The van der Waals surface area contributed by atoms with E-state index >= 15 is 0 Å². The summed E-state index contributed by atoms with van der Waals surface area (Å²) in [5.41, 5.74) is -3.02. The number of halogens is 9. The van der Waals surface area contributed by atoms with E-state index in [1.807, 2.05) is 0 Å². The van der Waals surface area contributed by atoms with Gasteiger partial charge in [0, 0.05) is 50.5 Å². The third-order valence-corrected chi connectivity index (χ3v) is 30.3. The van der Waals surface area contributed by atoms with Crippen molar-refractivity contribution in [2.24, 2.45) is 69.0 Å². The van der Waals surface area contributed by atoms with Crippen LogP contribution in [0.2, 0.25) is 0 Å². The zero-order valence-corrected chi connectivity index (χ0v) is 78.1. The van der Waals surface area contributed by atoms with E-state index in [2.05, 4.69) is 182 Å². The molecule has 0 aromatic heterocycles. The molecule has 0 aliphatic heterocycles. The van der Waals surface area contributed by atoms with Crippen LogP contribution in [0.15, 0.2) is 211 Å². The van der Waals surface area contributed by atoms with Crippen LogP contribution in [-0.2, 0) is 55.2 Å². The van der Waals surface area contributed by atoms with Crippen LogP contribution in [0.5, 0.6) is 0 Å². The molecule has 16 saturated carbocycles. The van der Waals surface area contributed by atoms with Gasteiger partial charge in [-0.3, -0.25) is 0 Å². The van der Waals surface area contributed by atoms with Crippen molar-refractivity contribution in [1.29, 1.82) is 0 Å². The molecule has 16 fully saturated rings. The van der Waals surface area contributed by atoms with Gasteiger partial charge in [0.15, 0.2) is 29.4 Å². The summed E-state index contributed by atoms with van der Waals surface area (Å²) in [5.74, 6) is -16.1. The molecule has 6 N–H and O–H groups in total. The average Bonchev–Trinajstić information content (AvgIpc) is 0.746. The van der Waals surface area contributed by atoms with Gasteiger partial charge < -0.3 is 44.8 Å². The smallest absolute Gasteiger partial charge is 0.477 e. The summed E-state index contributed by atoms with van der Waals surface area (Å²) in [4.78, 5) is 51.0. The van der Waals surface area contributed by atoms with E-state index in [0.717, 1.165) is 116 Å². The van der Waals surface area contributed by atoms with E-state index in [1.54, 1.807) is 0 Å². The Morgan fingerprint density at radius 3 is 0.622 bits per heavy atom. The molecule has 0 radical (unpaired) electrons. The first kappa shape index (κ1) is 101. The molecule has 16 aliphatic carbocycles. The first-order chi connectivity index (χ1) is 54.1. The number of benzene rings is 6. The standard InChI is InChI=1S/2C18H15S.3C14H20F2O3.C11H18O2.C3H4F2O2.ClH2.3Na/c2*1-4-10-16(11-5-1)19(17-12-6-2-7-13-17)18-14-8-3-9-15-18;3*1-12(15,16)11(17)19-8-13-3-9-2-10(4-13)6-14(18,5-9)7-13;12-7-10-2-8-1-9(3-10)5-11(13,4-8)6-10;1-3(4,5)2(6)7;;;;/h2*1-15H;3*9-10,18H,2-8H2,1H3;8-9,12-13H,1-7H2;1H3,(H,6,7);1H2;;;/q2*+1;;;;;;4*+1. The number of hydrogen-bond acceptors (Lipinski definition) is 12. The summed E-state index contributed by atoms with van der Waals surface area (Å²) in [6.07, 6.45) is 22.0. The number of rotatable bonds is 17. The van der Waals surface area contributed by atoms with Gasteiger partial charge in [-0.15, -0.1) is 0 Å². The largest absolute Gasteiger partial charge is 1.00 e. The van der Waals surface area contributed by atoms with Gasteiger partial charge in [-0.1, -0.05) is 109 Å². The quantitative estimate of drug-likeness (QED) is 0.0165. The van der Waals surface area contributed by atoms with Crippen molar-refractivity contribution in [3.8, 4) is 0 Å². The van der Waals surface area contributed by atoms with Crippen LogP contribution in [0.25, 0.3) is 0 Å². The summed E-state index contributed by atoms with van der Waals surface area (Å²) in [6, 6.07) is 64.3. The van der Waals surface area contributed by atoms with Crippen molar-refractivity contribution in [2.75, 3.05) is 26.4 Å². The second kappa shape index (κ2) is 41.0. The number of carbonyl (C=O) groups is 4. The molecule has 6 aromatic carbocycles. The number of aliphatic carboxylic acids is 1. The molecule has 13 nitrogen and oxygen atoms in total. The Bertz CT molecular complexity index is 3710. The molecule has 6 aromatic rings. The molecule has 8 unspecified atom stereocenters. The molecule has 16 bridgehead atoms. The van der Waals surface area contributed by atoms with E-state index in [-0.39, 0.29) is 164 Å². The second-order valence-corrected chi connectivity index (χ2v) is 41.0. The number of ether oxygens (including phenoxy) is 3. The molecular weight excluding hydrogens is 1630 g/mol. The zero-order valence-electron chi connectivity index (χ0n) is 69.6. The zero-order chi connectivity index (χ0) is 82.7. The van der Waals surface area contributed by atoms with Crippen LogP contribution in [0.3, 0.4) is 0 Å². The van der Waals surface area contributed by atoms with Crippen LogP contribution in [0, 0.1) is 81.4 Å². The molecule has 8 atom stereocenters. The molecule has 119 heavy (non-hydrogen) atoms. The number of carbonyl (C=O) groups excluding carboxylic acids is 3. The summed E-state index contributed by atoms with van der Waals surface area (Å²) < 4.78 is 114. The molecular formula is C92H114ClF8Na3O13S2+6. The molecule has 27 heteroatoms. The molecule has 0 saturated heterocycles. The van der Waals surface area contributed by atoms with E-state index in [0.29, 0.717) is 101 Å². The van der Waals surface area contributed by atoms with Gasteiger partial charge >= 0.3 is 136 Å². The minimum absolute atomic E-state index is 0. The van der Waals surface area contributed by atoms with Gasteiger partial charge in [-0.2, -0.15) is 35.1 Å². The monoisotopic (exact) mass is 1750 g/mol. The van der Waals surface area contributed by atoms with E-state index in [1.165, 1.54) is 48.6 Å². The predicted molar refractivity (Wildman–Crippen MR) is 424 cm³/mol. The molecule has 16 aliphatic rings. The number of hydrogen-bond donors (Lipinski definition) is 6. The predicted octanol–water partition coefficient (Wildman–Crippen LogP) is 9.63. The van der Waals surface area contributed by atoms with Crippen LogP contribution in [0.1, 0.15) is 182 Å². The van der Waals surface area contributed by atoms with Crippen molar-refractivity contribution in [3.05, 3.63) is 182 Å². The number of aliphatic hydroxyl groups excluding tert-OH is 1. The fraction of sp³-hybridized carbons (Fsp3) is 0.565. The van der Waals surface area contributed by atoms with Crippen molar-refractivity contribution in [1.82, 2.24) is 0 Å². The third kappa shape index (κ3) is 26.5. The summed E-state index contributed by atoms with van der Waals surface area (Å²) >= 11 is 0. The Labute approximate surface area is 773 Å². The van der Waals surface area contributed by atoms with E-state index in [4.69, 9.17) is 19.3 Å². The van der Waals surface area contributed by atoms with Crippen molar-refractivity contribution < 1.29 is 200 Å². The summed E-state index contributed by atoms with van der Waals surface area (Å²) in [7, 11) is -0.0293. The maximum absolute atomic E-state index is 12.8. The van der Waals surface area contributed by atoms with Gasteiger partial charge in [-0.05, 0) is 280 Å². The molecule has 0 spiro atoms. The summed E-state index contributed by atoms with van der Waals surface area (Å²) in [5, 5.41) is 58.7. The third-order valence-electron chi connectivity index (χ3n) is 25.8. The first-order valence-corrected chi connectivity index (χ1v) is 43.1. The van der Waals surface area contributed by atoms with Crippen molar-refractivity contribution >= 4 is 45.7 Å². The first-order valence-electron chi connectivity index (χ1n) is 40.6. The number of esters is 3. The van der Waals surface area contributed by atoms with Crippen molar-refractivity contribution in [2.45, 2.75) is 257 Å². The van der Waals surface area contributed by atoms with Crippen LogP contribution in [-0.4, -0.2) is 127 Å². The van der Waals surface area contributed by atoms with Crippen LogP contribution >= 0.6 is 0 Å². The topological polar surface area (TPSA) is 217 Å². The van der Waals surface area contributed by atoms with Crippen LogP contribution in [0.4, 0.5) is 35.1 Å². The van der Waals surface area contributed by atoms with E-state index in [9.17, 15) is 79.8 Å². The normalized spacial score (nSPS) is 31.7. The minimum Gasteiger partial charge on any atom is -0.477 e. The Hall–Kier alpha value is -3.57. The molecule has 0 heterocycles. The molecule has 0 amide bonds. The number of alkyl halides is 8. The maximum Gasteiger partial charge on any atom is 1.00 e. The minimum atomic E-state index is -3.58. The average molecular weight is 1750 g/mol. The second-order valence-electron chi connectivity index (χ2n) is 37.0. The fourth-order valence-electron chi connectivity index (χ4n) is 23.5. The Morgan fingerprint density at radius 2 is 0.479 bits per heavy atom.